The van der Waals surface area contributed by atoms with Crippen LogP contribution in [0, 0.1) is 0 Å². The third-order valence-corrected chi connectivity index (χ3v) is 10.9. The molecule has 7 nitrogen and oxygen atoms in total. The van der Waals surface area contributed by atoms with Gasteiger partial charge in [-0.25, -0.2) is 13.4 Å². The molecule has 10 heteroatoms. The Hall–Kier alpha value is -2.01. The zero-order valence-corrected chi connectivity index (χ0v) is 21.1. The van der Waals surface area contributed by atoms with Gasteiger partial charge in [0, 0.05) is 32.7 Å². The number of fused-ring (bicyclic) bond motifs is 1. The van der Waals surface area contributed by atoms with Crippen molar-refractivity contribution in [3.8, 4) is 0 Å². The number of rotatable bonds is 5. The molecule has 0 spiro atoms. The summed E-state index contributed by atoms with van der Waals surface area (Å²) in [5.74, 6) is -0.0635. The largest absolute Gasteiger partial charge is 0.345 e. The summed E-state index contributed by atoms with van der Waals surface area (Å²) in [4.78, 5) is 22.3. The van der Waals surface area contributed by atoms with Gasteiger partial charge >= 0.3 is 0 Å². The Morgan fingerprint density at radius 2 is 1.94 bits per heavy atom. The number of aromatic nitrogens is 1. The van der Waals surface area contributed by atoms with Crippen molar-refractivity contribution in [2.24, 2.45) is 0 Å². The molecule has 33 heavy (non-hydrogen) atoms. The van der Waals surface area contributed by atoms with E-state index in [4.69, 9.17) is 4.98 Å². The van der Waals surface area contributed by atoms with Gasteiger partial charge in [-0.15, -0.1) is 11.3 Å². The van der Waals surface area contributed by atoms with Crippen LogP contribution in [0.2, 0.25) is 0 Å². The highest BCUT2D eigenvalue weighted by atomic mass is 32.2. The highest BCUT2D eigenvalue weighted by molar-refractivity contribution is 7.91. The maximum Gasteiger partial charge on any atom is 0.253 e. The Morgan fingerprint density at radius 1 is 1.12 bits per heavy atom. The van der Waals surface area contributed by atoms with Crippen LogP contribution in [0.4, 0.5) is 5.13 Å². The third kappa shape index (κ3) is 4.41. The van der Waals surface area contributed by atoms with Crippen molar-refractivity contribution in [2.75, 3.05) is 37.6 Å². The number of carbonyl (C=O) groups is 1. The average molecular weight is 505 g/mol. The van der Waals surface area contributed by atoms with Gasteiger partial charge in [0.25, 0.3) is 10.0 Å². The molecule has 1 unspecified atom stereocenters. The van der Waals surface area contributed by atoms with Crippen LogP contribution in [-0.4, -0.2) is 67.3 Å². The Balaban J connectivity index is 1.28. The van der Waals surface area contributed by atoms with Crippen LogP contribution in [0.3, 0.4) is 0 Å². The van der Waals surface area contributed by atoms with Gasteiger partial charge in [-0.1, -0.05) is 36.8 Å². The van der Waals surface area contributed by atoms with Gasteiger partial charge < -0.3 is 9.80 Å². The number of amides is 1. The standard InChI is InChI=1S/C23H28N4O3S3/c1-2-17-8-9-18-20(16-17)32-23(24-18)26-13-11-25(12-14-26)22(28)19-6-3-4-10-27(19)33(29,30)21-7-5-15-31-21/h5,7-9,15-16,19H,2-4,6,10-14H2,1H3. The molecule has 0 N–H and O–H groups in total. The van der Waals surface area contributed by atoms with Gasteiger partial charge in [-0.05, 0) is 48.4 Å². The first-order valence-corrected chi connectivity index (χ1v) is 14.6. The van der Waals surface area contributed by atoms with E-state index in [0.717, 1.165) is 29.9 Å². The van der Waals surface area contributed by atoms with Crippen LogP contribution in [0.25, 0.3) is 10.2 Å². The summed E-state index contributed by atoms with van der Waals surface area (Å²) in [6, 6.07) is 9.18. The number of sulfonamides is 1. The normalized spacial score (nSPS) is 20.5. The fraction of sp³-hybridized carbons (Fsp3) is 0.478. The van der Waals surface area contributed by atoms with Crippen LogP contribution in [0.1, 0.15) is 31.7 Å². The number of piperazine rings is 1. The second-order valence-corrected chi connectivity index (χ2v) is 12.6. The number of hydrogen-bond donors (Lipinski definition) is 0. The molecule has 0 saturated carbocycles. The molecule has 1 aromatic carbocycles. The topological polar surface area (TPSA) is 73.8 Å². The third-order valence-electron chi connectivity index (χ3n) is 6.51. The number of carbonyl (C=O) groups excluding carboxylic acids is 1. The predicted octanol–water partition coefficient (Wildman–Crippen LogP) is 3.81. The van der Waals surface area contributed by atoms with E-state index in [2.05, 4.69) is 30.0 Å². The quantitative estimate of drug-likeness (QED) is 0.528. The van der Waals surface area contributed by atoms with Crippen molar-refractivity contribution in [1.82, 2.24) is 14.2 Å². The summed E-state index contributed by atoms with van der Waals surface area (Å²) in [7, 11) is -3.64. The molecule has 1 atom stereocenters. The molecule has 2 aliphatic heterocycles. The zero-order valence-electron chi connectivity index (χ0n) is 18.6. The summed E-state index contributed by atoms with van der Waals surface area (Å²) < 4.78 is 29.3. The van der Waals surface area contributed by atoms with Crippen LogP contribution < -0.4 is 4.90 Å². The number of piperidine rings is 1. The lowest BCUT2D eigenvalue weighted by Gasteiger charge is -2.40. The first kappa shape index (κ1) is 22.8. The Kier molecular flexibility index (Phi) is 6.43. The second-order valence-electron chi connectivity index (χ2n) is 8.52. The van der Waals surface area contributed by atoms with Crippen molar-refractivity contribution < 1.29 is 13.2 Å². The molecular weight excluding hydrogens is 476 g/mol. The minimum atomic E-state index is -3.64. The van der Waals surface area contributed by atoms with Crippen molar-refractivity contribution in [3.05, 3.63) is 41.3 Å². The summed E-state index contributed by atoms with van der Waals surface area (Å²) >= 11 is 2.91. The number of nitrogens with zero attached hydrogens (tertiary/aromatic N) is 4. The summed E-state index contributed by atoms with van der Waals surface area (Å²) in [5.41, 5.74) is 2.32. The minimum Gasteiger partial charge on any atom is -0.345 e. The maximum absolute atomic E-state index is 13.4. The average Bonchev–Trinajstić information content (AvgIpc) is 3.54. The van der Waals surface area contributed by atoms with Gasteiger partial charge in [0.2, 0.25) is 5.91 Å². The molecule has 3 aromatic rings. The molecule has 0 radical (unpaired) electrons. The molecule has 2 aromatic heterocycles. The summed E-state index contributed by atoms with van der Waals surface area (Å²) in [6.07, 6.45) is 3.25. The van der Waals surface area contributed by atoms with Crippen LogP contribution >= 0.6 is 22.7 Å². The van der Waals surface area contributed by atoms with Gasteiger partial charge in [-0.3, -0.25) is 4.79 Å². The lowest BCUT2D eigenvalue weighted by atomic mass is 10.0. The predicted molar refractivity (Wildman–Crippen MR) is 134 cm³/mol. The Morgan fingerprint density at radius 3 is 2.67 bits per heavy atom. The summed E-state index contributed by atoms with van der Waals surface area (Å²) in [6.45, 7) is 5.13. The Bertz CT molecular complexity index is 1230. The van der Waals surface area contributed by atoms with Gasteiger partial charge in [0.05, 0.1) is 10.2 Å². The van der Waals surface area contributed by atoms with Crippen molar-refractivity contribution in [2.45, 2.75) is 42.9 Å². The lowest BCUT2D eigenvalue weighted by Crippen LogP contribution is -2.57. The molecule has 0 aliphatic carbocycles. The zero-order chi connectivity index (χ0) is 23.0. The van der Waals surface area contributed by atoms with E-state index >= 15 is 0 Å². The highest BCUT2D eigenvalue weighted by Gasteiger charge is 2.40. The molecule has 5 rings (SSSR count). The first-order valence-electron chi connectivity index (χ1n) is 11.5. The fourth-order valence-electron chi connectivity index (χ4n) is 4.61. The monoisotopic (exact) mass is 504 g/mol. The molecule has 2 saturated heterocycles. The van der Waals surface area contributed by atoms with E-state index < -0.39 is 16.1 Å². The maximum atomic E-state index is 13.4. The molecule has 4 heterocycles. The van der Waals surface area contributed by atoms with Crippen LogP contribution in [0.5, 0.6) is 0 Å². The van der Waals surface area contributed by atoms with E-state index in [0.29, 0.717) is 43.4 Å². The van der Waals surface area contributed by atoms with Gasteiger partial charge in [0.1, 0.15) is 10.3 Å². The molecular formula is C23H28N4O3S3. The van der Waals surface area contributed by atoms with Crippen molar-refractivity contribution in [3.63, 3.8) is 0 Å². The lowest BCUT2D eigenvalue weighted by molar-refractivity contribution is -0.136. The second kappa shape index (κ2) is 9.32. The van der Waals surface area contributed by atoms with Crippen LogP contribution in [0.15, 0.2) is 39.9 Å². The van der Waals surface area contributed by atoms with Gasteiger partial charge in [0.15, 0.2) is 5.13 Å². The van der Waals surface area contributed by atoms with Gasteiger partial charge in [-0.2, -0.15) is 4.31 Å². The SMILES string of the molecule is CCc1ccc2nc(N3CCN(C(=O)C4CCCCN4S(=O)(=O)c4cccs4)CC3)sc2c1. The summed E-state index contributed by atoms with van der Waals surface area (Å²) in [5, 5.41) is 2.75. The molecule has 0 bridgehead atoms. The van der Waals surface area contributed by atoms with Crippen molar-refractivity contribution in [1.29, 1.82) is 0 Å². The number of benzene rings is 1. The van der Waals surface area contributed by atoms with E-state index in [1.54, 1.807) is 28.8 Å². The number of thiazole rings is 1. The molecule has 176 valence electrons. The van der Waals surface area contributed by atoms with E-state index in [1.807, 2.05) is 4.90 Å². The molecule has 2 fully saturated rings. The van der Waals surface area contributed by atoms with Crippen molar-refractivity contribution >= 4 is 54.0 Å². The number of anilines is 1. The fourth-order valence-corrected chi connectivity index (χ4v) is 8.46. The molecule has 1 amide bonds. The van der Waals surface area contributed by atoms with E-state index in [1.165, 1.54) is 25.9 Å². The van der Waals surface area contributed by atoms with E-state index in [9.17, 15) is 13.2 Å². The van der Waals surface area contributed by atoms with E-state index in [-0.39, 0.29) is 5.91 Å². The number of hydrogen-bond acceptors (Lipinski definition) is 7. The minimum absolute atomic E-state index is 0.0635. The smallest absolute Gasteiger partial charge is 0.253 e. The Labute approximate surface area is 202 Å². The highest BCUT2D eigenvalue weighted by Crippen LogP contribution is 2.32. The molecule has 2 aliphatic rings. The number of thiophene rings is 1. The first-order chi connectivity index (χ1) is 16.0. The number of aryl methyl sites for hydroxylation is 1. The van der Waals surface area contributed by atoms with Crippen LogP contribution in [-0.2, 0) is 21.2 Å².